The van der Waals surface area contributed by atoms with Gasteiger partial charge in [-0.1, -0.05) is 11.6 Å². The third-order valence-electron chi connectivity index (χ3n) is 2.90. The number of halogens is 1. The highest BCUT2D eigenvalue weighted by Crippen LogP contribution is 2.31. The van der Waals surface area contributed by atoms with Crippen LogP contribution in [0.5, 0.6) is 5.75 Å². The molecule has 0 saturated carbocycles. The number of rotatable bonds is 4. The van der Waals surface area contributed by atoms with Crippen molar-refractivity contribution in [2.24, 2.45) is 4.99 Å². The Morgan fingerprint density at radius 2 is 2.04 bits per heavy atom. The molecule has 1 N–H and O–H groups in total. The molecular weight excluding hydrogens is 352 g/mol. The maximum Gasteiger partial charge on any atom is 0.264 e. The largest absolute Gasteiger partial charge is 0.494 e. The van der Waals surface area contributed by atoms with E-state index in [-0.39, 0.29) is 5.91 Å². The first-order chi connectivity index (χ1) is 11.1. The van der Waals surface area contributed by atoms with Crippen LogP contribution in [0.15, 0.2) is 46.3 Å². The van der Waals surface area contributed by atoms with Crippen molar-refractivity contribution in [2.45, 2.75) is 6.92 Å². The molecule has 1 aromatic carbocycles. The van der Waals surface area contributed by atoms with E-state index in [0.29, 0.717) is 21.0 Å². The van der Waals surface area contributed by atoms with Gasteiger partial charge in [-0.05, 0) is 61.2 Å². The van der Waals surface area contributed by atoms with Gasteiger partial charge in [0.15, 0.2) is 5.17 Å². The Hall–Kier alpha value is -1.76. The number of amidine groups is 1. The standard InChI is InChI=1S/C16H13ClN2O2S2/c1-2-21-11-5-3-10(4-6-11)18-16-19-15(20)13(23-16)9-12-7-8-14(17)22-12/h3-9H,2H2,1H3,(H,18,19,20)/b13-9+. The van der Waals surface area contributed by atoms with Gasteiger partial charge in [0.25, 0.3) is 5.91 Å². The highest BCUT2D eigenvalue weighted by molar-refractivity contribution is 8.18. The van der Waals surface area contributed by atoms with Crippen molar-refractivity contribution >= 4 is 57.5 Å². The molecule has 1 aliphatic rings. The van der Waals surface area contributed by atoms with Gasteiger partial charge in [-0.3, -0.25) is 4.79 Å². The van der Waals surface area contributed by atoms with E-state index in [1.54, 1.807) is 0 Å². The number of hydrogen-bond donors (Lipinski definition) is 1. The van der Waals surface area contributed by atoms with Crippen LogP contribution in [0.4, 0.5) is 5.69 Å². The lowest BCUT2D eigenvalue weighted by atomic mass is 10.3. The molecule has 0 bridgehead atoms. The monoisotopic (exact) mass is 364 g/mol. The maximum atomic E-state index is 12.0. The zero-order valence-electron chi connectivity index (χ0n) is 12.2. The van der Waals surface area contributed by atoms with E-state index >= 15 is 0 Å². The average Bonchev–Trinajstić information content (AvgIpc) is 3.08. The highest BCUT2D eigenvalue weighted by Gasteiger charge is 2.23. The van der Waals surface area contributed by atoms with Gasteiger partial charge in [-0.2, -0.15) is 0 Å². The average molecular weight is 365 g/mol. The van der Waals surface area contributed by atoms with Crippen molar-refractivity contribution in [2.75, 3.05) is 6.61 Å². The van der Waals surface area contributed by atoms with Crippen molar-refractivity contribution in [1.29, 1.82) is 0 Å². The van der Waals surface area contributed by atoms with Gasteiger partial charge >= 0.3 is 0 Å². The number of nitrogens with zero attached hydrogens (tertiary/aromatic N) is 1. The minimum Gasteiger partial charge on any atom is -0.494 e. The number of thiophene rings is 1. The van der Waals surface area contributed by atoms with Gasteiger partial charge in [-0.15, -0.1) is 11.3 Å². The van der Waals surface area contributed by atoms with Crippen molar-refractivity contribution in [3.05, 3.63) is 50.5 Å². The van der Waals surface area contributed by atoms with Crippen molar-refractivity contribution in [1.82, 2.24) is 5.32 Å². The lowest BCUT2D eigenvalue weighted by Gasteiger charge is -2.02. The molecule has 0 spiro atoms. The van der Waals surface area contributed by atoms with Crippen LogP contribution in [0.2, 0.25) is 4.34 Å². The first kappa shape index (κ1) is 16.1. The second-order valence-electron chi connectivity index (χ2n) is 4.55. The third-order valence-corrected chi connectivity index (χ3v) is 4.98. The summed E-state index contributed by atoms with van der Waals surface area (Å²) in [5.74, 6) is 0.652. The van der Waals surface area contributed by atoms with E-state index in [0.717, 1.165) is 16.3 Å². The molecular formula is C16H13ClN2O2S2. The number of amides is 1. The maximum absolute atomic E-state index is 12.0. The summed E-state index contributed by atoms with van der Waals surface area (Å²) in [6, 6.07) is 11.1. The molecule has 0 unspecified atom stereocenters. The summed E-state index contributed by atoms with van der Waals surface area (Å²) in [5.41, 5.74) is 0.761. The minimum atomic E-state index is -0.149. The van der Waals surface area contributed by atoms with Crippen molar-refractivity contribution < 1.29 is 9.53 Å². The first-order valence-electron chi connectivity index (χ1n) is 6.92. The molecule has 1 saturated heterocycles. The summed E-state index contributed by atoms with van der Waals surface area (Å²) in [6.45, 7) is 2.56. The third kappa shape index (κ3) is 4.16. The SMILES string of the molecule is CCOc1ccc(N=C2NC(=O)/C(=C\c3ccc(Cl)s3)S2)cc1. The number of benzene rings is 1. The van der Waals surface area contributed by atoms with Crippen LogP contribution in [0.1, 0.15) is 11.8 Å². The molecule has 0 aliphatic carbocycles. The molecule has 1 fully saturated rings. The molecule has 0 radical (unpaired) electrons. The number of ether oxygens (including phenoxy) is 1. The van der Waals surface area contributed by atoms with Crippen LogP contribution in [-0.2, 0) is 4.79 Å². The van der Waals surface area contributed by atoms with Gasteiger partial charge in [0.2, 0.25) is 0 Å². The number of carbonyl (C=O) groups is 1. The van der Waals surface area contributed by atoms with Crippen molar-refractivity contribution in [3.63, 3.8) is 0 Å². The fourth-order valence-corrected chi connectivity index (χ4v) is 3.83. The quantitative estimate of drug-likeness (QED) is 0.800. The van der Waals surface area contributed by atoms with Gasteiger partial charge in [-0.25, -0.2) is 4.99 Å². The number of carbonyl (C=O) groups excluding carboxylic acids is 1. The van der Waals surface area contributed by atoms with Crippen LogP contribution in [0, 0.1) is 0 Å². The van der Waals surface area contributed by atoms with Gasteiger partial charge < -0.3 is 10.1 Å². The Morgan fingerprint density at radius 1 is 1.26 bits per heavy atom. The molecule has 3 rings (SSSR count). The van der Waals surface area contributed by atoms with Crippen molar-refractivity contribution in [3.8, 4) is 5.75 Å². The number of aliphatic imine (C=N–C) groups is 1. The molecule has 1 aromatic heterocycles. The summed E-state index contributed by atoms with van der Waals surface area (Å²) in [4.78, 5) is 18.0. The number of thioether (sulfide) groups is 1. The summed E-state index contributed by atoms with van der Waals surface area (Å²) in [6.07, 6.45) is 1.82. The summed E-state index contributed by atoms with van der Waals surface area (Å²) in [5, 5.41) is 3.33. The van der Waals surface area contributed by atoms with E-state index in [1.165, 1.54) is 23.1 Å². The highest BCUT2D eigenvalue weighted by atomic mass is 35.5. The van der Waals surface area contributed by atoms with Gasteiger partial charge in [0.05, 0.1) is 21.5 Å². The Kier molecular flexibility index (Phi) is 5.05. The van der Waals surface area contributed by atoms with Crippen LogP contribution >= 0.6 is 34.7 Å². The summed E-state index contributed by atoms with van der Waals surface area (Å²) in [7, 11) is 0. The molecule has 2 aromatic rings. The van der Waals surface area contributed by atoms with Crippen LogP contribution in [0.25, 0.3) is 6.08 Å². The molecule has 23 heavy (non-hydrogen) atoms. The van der Waals surface area contributed by atoms with E-state index in [4.69, 9.17) is 16.3 Å². The topological polar surface area (TPSA) is 50.7 Å². The van der Waals surface area contributed by atoms with Crippen LogP contribution in [-0.4, -0.2) is 17.7 Å². The van der Waals surface area contributed by atoms with E-state index < -0.39 is 0 Å². The second kappa shape index (κ2) is 7.21. The summed E-state index contributed by atoms with van der Waals surface area (Å²) < 4.78 is 6.09. The molecule has 0 atom stereocenters. The first-order valence-corrected chi connectivity index (χ1v) is 8.93. The fourth-order valence-electron chi connectivity index (χ4n) is 1.92. The van der Waals surface area contributed by atoms with Crippen LogP contribution in [0.3, 0.4) is 0 Å². The summed E-state index contributed by atoms with van der Waals surface area (Å²) >= 11 is 8.65. The van der Waals surface area contributed by atoms with Crippen LogP contribution < -0.4 is 10.1 Å². The zero-order chi connectivity index (χ0) is 16.2. The molecule has 1 amide bonds. The normalized spacial score (nSPS) is 17.7. The predicted octanol–water partition coefficient (Wildman–Crippen LogP) is 4.69. The number of hydrogen-bond acceptors (Lipinski definition) is 5. The predicted molar refractivity (Wildman–Crippen MR) is 97.7 cm³/mol. The van der Waals surface area contributed by atoms with E-state index in [1.807, 2.05) is 49.4 Å². The Balaban J connectivity index is 1.75. The molecule has 4 nitrogen and oxygen atoms in total. The minimum absolute atomic E-state index is 0.149. The zero-order valence-corrected chi connectivity index (χ0v) is 14.6. The van der Waals surface area contributed by atoms with E-state index in [9.17, 15) is 4.79 Å². The molecule has 1 aliphatic heterocycles. The molecule has 2 heterocycles. The lowest BCUT2D eigenvalue weighted by Crippen LogP contribution is -2.19. The van der Waals surface area contributed by atoms with E-state index in [2.05, 4.69) is 10.3 Å². The Labute approximate surface area is 147 Å². The molecule has 118 valence electrons. The Morgan fingerprint density at radius 3 is 2.70 bits per heavy atom. The fraction of sp³-hybridized carbons (Fsp3) is 0.125. The molecule has 7 heteroatoms. The van der Waals surface area contributed by atoms with Gasteiger partial charge in [0, 0.05) is 4.88 Å². The number of nitrogens with one attached hydrogen (secondary N) is 1. The van der Waals surface area contributed by atoms with Gasteiger partial charge in [0.1, 0.15) is 5.75 Å². The smallest absolute Gasteiger partial charge is 0.264 e. The Bertz CT molecular complexity index is 782. The lowest BCUT2D eigenvalue weighted by molar-refractivity contribution is -0.115. The second-order valence-corrected chi connectivity index (χ2v) is 7.33.